The summed E-state index contributed by atoms with van der Waals surface area (Å²) in [5.41, 5.74) is 0.662. The number of carbonyl (C=O) groups is 2. The standard InChI is InChI=1S/C16H18N6O2/c1-20-10-12(8-19-20)22-7-3-16(15(22)24)2-6-21(11-16)14(23)13-9-17-4-5-18-13/h4-5,8-10H,2-3,6-7,11H2,1H3. The topological polar surface area (TPSA) is 84.2 Å². The zero-order valence-electron chi connectivity index (χ0n) is 13.4. The number of likely N-dealkylation sites (tertiary alicyclic amines) is 1. The number of carbonyl (C=O) groups excluding carboxylic acids is 2. The number of amides is 2. The van der Waals surface area contributed by atoms with Crippen LogP contribution in [0.15, 0.2) is 31.0 Å². The Morgan fingerprint density at radius 1 is 1.21 bits per heavy atom. The number of nitrogens with zero attached hydrogens (tertiary/aromatic N) is 6. The third-order valence-corrected chi connectivity index (χ3v) is 4.94. The van der Waals surface area contributed by atoms with Crippen LogP contribution in [0.3, 0.4) is 0 Å². The van der Waals surface area contributed by atoms with Gasteiger partial charge in [0.15, 0.2) is 0 Å². The second-order valence-corrected chi connectivity index (χ2v) is 6.43. The van der Waals surface area contributed by atoms with E-state index in [1.54, 1.807) is 20.7 Å². The molecule has 1 unspecified atom stereocenters. The molecule has 124 valence electrons. The fourth-order valence-electron chi connectivity index (χ4n) is 3.61. The van der Waals surface area contributed by atoms with Crippen molar-refractivity contribution in [3.8, 4) is 0 Å². The van der Waals surface area contributed by atoms with E-state index < -0.39 is 5.41 Å². The summed E-state index contributed by atoms with van der Waals surface area (Å²) >= 11 is 0. The van der Waals surface area contributed by atoms with E-state index in [0.29, 0.717) is 31.7 Å². The average molecular weight is 326 g/mol. The van der Waals surface area contributed by atoms with Gasteiger partial charge in [-0.05, 0) is 12.8 Å². The molecule has 1 spiro atoms. The van der Waals surface area contributed by atoms with E-state index in [9.17, 15) is 9.59 Å². The van der Waals surface area contributed by atoms with Crippen LogP contribution in [-0.4, -0.2) is 56.1 Å². The Balaban J connectivity index is 1.52. The molecule has 1 atom stereocenters. The van der Waals surface area contributed by atoms with Gasteiger partial charge >= 0.3 is 0 Å². The Morgan fingerprint density at radius 3 is 2.75 bits per heavy atom. The summed E-state index contributed by atoms with van der Waals surface area (Å²) in [4.78, 5) is 37.0. The summed E-state index contributed by atoms with van der Waals surface area (Å²) < 4.78 is 1.69. The maximum absolute atomic E-state index is 13.0. The summed E-state index contributed by atoms with van der Waals surface area (Å²) in [5, 5.41) is 4.14. The van der Waals surface area contributed by atoms with Gasteiger partial charge in [0.25, 0.3) is 5.91 Å². The predicted octanol–water partition coefficient (Wildman–Crippen LogP) is 0.479. The SMILES string of the molecule is Cn1cc(N2CCC3(CCN(C(=O)c4cnccn4)C3)C2=O)cn1. The molecule has 4 rings (SSSR count). The monoisotopic (exact) mass is 326 g/mol. The summed E-state index contributed by atoms with van der Waals surface area (Å²) in [5.74, 6) is -0.0717. The lowest BCUT2D eigenvalue weighted by Gasteiger charge is -2.23. The molecule has 8 heteroatoms. The summed E-state index contributed by atoms with van der Waals surface area (Å²) in [6, 6.07) is 0. The second-order valence-electron chi connectivity index (χ2n) is 6.43. The molecule has 0 N–H and O–H groups in total. The zero-order chi connectivity index (χ0) is 16.7. The highest BCUT2D eigenvalue weighted by molar-refractivity contribution is 6.01. The van der Waals surface area contributed by atoms with Gasteiger partial charge < -0.3 is 9.80 Å². The largest absolute Gasteiger partial charge is 0.336 e. The first-order valence-corrected chi connectivity index (χ1v) is 7.95. The summed E-state index contributed by atoms with van der Waals surface area (Å²) in [6.45, 7) is 1.68. The van der Waals surface area contributed by atoms with E-state index in [4.69, 9.17) is 0 Å². The summed E-state index contributed by atoms with van der Waals surface area (Å²) in [6.07, 6.45) is 9.49. The zero-order valence-corrected chi connectivity index (χ0v) is 13.4. The lowest BCUT2D eigenvalue weighted by atomic mass is 9.85. The molecule has 2 aliphatic heterocycles. The third-order valence-electron chi connectivity index (χ3n) is 4.94. The van der Waals surface area contributed by atoms with Crippen LogP contribution in [0, 0.1) is 5.41 Å². The predicted molar refractivity (Wildman–Crippen MR) is 85.2 cm³/mol. The van der Waals surface area contributed by atoms with Crippen molar-refractivity contribution in [1.82, 2.24) is 24.6 Å². The van der Waals surface area contributed by atoms with Crippen molar-refractivity contribution in [1.29, 1.82) is 0 Å². The van der Waals surface area contributed by atoms with Gasteiger partial charge in [-0.3, -0.25) is 19.3 Å². The molecule has 2 aromatic rings. The fraction of sp³-hybridized carbons (Fsp3) is 0.438. The minimum Gasteiger partial charge on any atom is -0.336 e. The Bertz CT molecular complexity index is 789. The van der Waals surface area contributed by atoms with Gasteiger partial charge in [0.1, 0.15) is 5.69 Å². The maximum atomic E-state index is 13.0. The minimum absolute atomic E-state index is 0.0879. The van der Waals surface area contributed by atoms with Crippen molar-refractivity contribution in [3.05, 3.63) is 36.7 Å². The molecule has 24 heavy (non-hydrogen) atoms. The Morgan fingerprint density at radius 2 is 2.04 bits per heavy atom. The van der Waals surface area contributed by atoms with E-state index in [1.165, 1.54) is 18.6 Å². The third kappa shape index (κ3) is 2.26. The number of anilines is 1. The van der Waals surface area contributed by atoms with E-state index >= 15 is 0 Å². The molecule has 0 saturated carbocycles. The Labute approximate surface area is 139 Å². The van der Waals surface area contributed by atoms with Crippen LogP contribution in [0.5, 0.6) is 0 Å². The first-order valence-electron chi connectivity index (χ1n) is 7.95. The van der Waals surface area contributed by atoms with Crippen molar-refractivity contribution in [2.75, 3.05) is 24.5 Å². The molecule has 0 aromatic carbocycles. The van der Waals surface area contributed by atoms with Gasteiger partial charge in [0, 0.05) is 45.3 Å². The van der Waals surface area contributed by atoms with Crippen LogP contribution in [0.4, 0.5) is 5.69 Å². The van der Waals surface area contributed by atoms with Crippen molar-refractivity contribution in [2.45, 2.75) is 12.8 Å². The van der Waals surface area contributed by atoms with Gasteiger partial charge in [-0.1, -0.05) is 0 Å². The Hall–Kier alpha value is -2.77. The van der Waals surface area contributed by atoms with Gasteiger partial charge in [-0.2, -0.15) is 5.10 Å². The smallest absolute Gasteiger partial charge is 0.274 e. The molecule has 2 aliphatic rings. The molecular weight excluding hydrogens is 308 g/mol. The summed E-state index contributed by atoms with van der Waals surface area (Å²) in [7, 11) is 1.83. The molecule has 2 aromatic heterocycles. The van der Waals surface area contributed by atoms with Crippen molar-refractivity contribution < 1.29 is 9.59 Å². The lowest BCUT2D eigenvalue weighted by Crippen LogP contribution is -2.38. The second kappa shape index (κ2) is 5.40. The molecule has 2 amide bonds. The minimum atomic E-state index is -0.478. The number of hydrogen-bond acceptors (Lipinski definition) is 5. The van der Waals surface area contributed by atoms with Crippen molar-refractivity contribution in [3.63, 3.8) is 0 Å². The Kier molecular flexibility index (Phi) is 3.33. The van der Waals surface area contributed by atoms with Crippen LogP contribution in [0.25, 0.3) is 0 Å². The van der Waals surface area contributed by atoms with E-state index in [1.807, 2.05) is 13.2 Å². The van der Waals surface area contributed by atoms with Crippen LogP contribution in [-0.2, 0) is 11.8 Å². The number of hydrogen-bond donors (Lipinski definition) is 0. The van der Waals surface area contributed by atoms with Gasteiger partial charge in [-0.25, -0.2) is 4.98 Å². The normalized spacial score (nSPS) is 23.5. The van der Waals surface area contributed by atoms with E-state index in [-0.39, 0.29) is 11.8 Å². The number of rotatable bonds is 2. The van der Waals surface area contributed by atoms with Crippen molar-refractivity contribution >= 4 is 17.5 Å². The maximum Gasteiger partial charge on any atom is 0.274 e. The number of aromatic nitrogens is 4. The molecule has 0 bridgehead atoms. The van der Waals surface area contributed by atoms with Gasteiger partial charge in [0.05, 0.1) is 23.5 Å². The molecule has 4 heterocycles. The molecule has 0 radical (unpaired) electrons. The van der Waals surface area contributed by atoms with Crippen LogP contribution in [0.1, 0.15) is 23.3 Å². The van der Waals surface area contributed by atoms with Crippen LogP contribution < -0.4 is 4.90 Å². The molecule has 2 fully saturated rings. The first-order chi connectivity index (χ1) is 11.6. The highest BCUT2D eigenvalue weighted by Crippen LogP contribution is 2.42. The van der Waals surface area contributed by atoms with Gasteiger partial charge in [-0.15, -0.1) is 0 Å². The fourth-order valence-corrected chi connectivity index (χ4v) is 3.61. The van der Waals surface area contributed by atoms with Crippen molar-refractivity contribution in [2.24, 2.45) is 12.5 Å². The first kappa shape index (κ1) is 14.8. The number of aryl methyl sites for hydroxylation is 1. The highest BCUT2D eigenvalue weighted by atomic mass is 16.2. The molecule has 2 saturated heterocycles. The average Bonchev–Trinajstić information content (AvgIpc) is 3.30. The molecule has 8 nitrogen and oxygen atoms in total. The van der Waals surface area contributed by atoms with E-state index in [2.05, 4.69) is 15.1 Å². The van der Waals surface area contributed by atoms with Crippen LogP contribution >= 0.6 is 0 Å². The molecular formula is C16H18N6O2. The van der Waals surface area contributed by atoms with Gasteiger partial charge in [0.2, 0.25) is 5.91 Å². The highest BCUT2D eigenvalue weighted by Gasteiger charge is 2.52. The molecule has 0 aliphatic carbocycles. The van der Waals surface area contributed by atoms with E-state index in [0.717, 1.165) is 12.1 Å². The quantitative estimate of drug-likeness (QED) is 0.801. The van der Waals surface area contributed by atoms with Crippen LogP contribution in [0.2, 0.25) is 0 Å². The lowest BCUT2D eigenvalue weighted by molar-refractivity contribution is -0.124.